The van der Waals surface area contributed by atoms with E-state index in [1.807, 2.05) is 30.3 Å². The summed E-state index contributed by atoms with van der Waals surface area (Å²) < 4.78 is 16.4. The fourth-order valence-electron chi connectivity index (χ4n) is 7.02. The molecule has 0 bridgehead atoms. The van der Waals surface area contributed by atoms with E-state index in [-0.39, 0.29) is 29.7 Å². The number of benzene rings is 3. The van der Waals surface area contributed by atoms with Crippen molar-refractivity contribution in [3.05, 3.63) is 89.0 Å². The van der Waals surface area contributed by atoms with Crippen LogP contribution in [0.5, 0.6) is 11.5 Å². The van der Waals surface area contributed by atoms with Gasteiger partial charge in [0, 0.05) is 45.4 Å². The molecule has 3 aliphatic rings. The molecule has 0 aliphatic carbocycles. The lowest BCUT2D eigenvalue weighted by Gasteiger charge is -2.39. The summed E-state index contributed by atoms with van der Waals surface area (Å²) in [5, 5.41) is 3.01. The zero-order chi connectivity index (χ0) is 32.9. The third kappa shape index (κ3) is 6.71. The van der Waals surface area contributed by atoms with E-state index in [4.69, 9.17) is 14.2 Å². The van der Waals surface area contributed by atoms with Gasteiger partial charge < -0.3 is 24.4 Å². The van der Waals surface area contributed by atoms with Gasteiger partial charge in [0.05, 0.1) is 49.6 Å². The number of fused-ring (bicyclic) bond motifs is 1. The third-order valence-electron chi connectivity index (χ3n) is 9.77. The fourth-order valence-corrected chi connectivity index (χ4v) is 7.02. The molecule has 0 saturated carbocycles. The molecule has 10 heteroatoms. The van der Waals surface area contributed by atoms with Crippen LogP contribution in [0.2, 0.25) is 0 Å². The Kier molecular flexibility index (Phi) is 10.1. The van der Waals surface area contributed by atoms with E-state index >= 15 is 0 Å². The standard InChI is InChI=1S/C37H44N4O6/c1-25(26-9-5-4-6-10-26)39-18-20-40(21-19-39)31-12-7-11-29-34(31)37(44)41(36(29)43)30(27-14-15-32(45-2)33(23-27)46-3)13-8-17-38-35(42)28-16-22-47-24-28/h4-7,9-12,14-15,23,25,28,30H,8,13,16-22,24H2,1-3H3,(H,38,42)/t25-,28-,30?/m1/s1. The van der Waals surface area contributed by atoms with E-state index in [0.29, 0.717) is 55.2 Å². The lowest BCUT2D eigenvalue weighted by Crippen LogP contribution is -2.47. The number of nitrogens with zero attached hydrogens (tertiary/aromatic N) is 3. The summed E-state index contributed by atoms with van der Waals surface area (Å²) in [6, 6.07) is 21.3. The molecule has 2 fully saturated rings. The van der Waals surface area contributed by atoms with E-state index in [1.54, 1.807) is 26.4 Å². The Labute approximate surface area is 276 Å². The molecule has 1 unspecified atom stereocenters. The highest BCUT2D eigenvalue weighted by Crippen LogP contribution is 2.40. The second kappa shape index (κ2) is 14.6. The normalized spacial score (nSPS) is 19.4. The van der Waals surface area contributed by atoms with Gasteiger partial charge in [0.25, 0.3) is 11.8 Å². The van der Waals surface area contributed by atoms with Crippen LogP contribution in [0.4, 0.5) is 5.69 Å². The maximum atomic E-state index is 14.4. The van der Waals surface area contributed by atoms with Crippen molar-refractivity contribution >= 4 is 23.4 Å². The van der Waals surface area contributed by atoms with Gasteiger partial charge in [-0.25, -0.2) is 0 Å². The van der Waals surface area contributed by atoms with Crippen molar-refractivity contribution in [2.45, 2.75) is 38.3 Å². The molecule has 0 aromatic heterocycles. The Balaban J connectivity index is 1.22. The summed E-state index contributed by atoms with van der Waals surface area (Å²) in [7, 11) is 3.13. The fraction of sp³-hybridized carbons (Fsp3) is 0.432. The molecule has 2 saturated heterocycles. The van der Waals surface area contributed by atoms with Crippen LogP contribution in [0.1, 0.15) is 70.1 Å². The number of anilines is 1. The molecular weight excluding hydrogens is 596 g/mol. The first kappa shape index (κ1) is 32.5. The molecule has 6 rings (SSSR count). The molecule has 3 atom stereocenters. The van der Waals surface area contributed by atoms with E-state index in [0.717, 1.165) is 43.9 Å². The van der Waals surface area contributed by atoms with Crippen LogP contribution in [0.15, 0.2) is 66.7 Å². The Morgan fingerprint density at radius 1 is 0.915 bits per heavy atom. The molecule has 3 aromatic carbocycles. The Morgan fingerprint density at radius 2 is 1.68 bits per heavy atom. The summed E-state index contributed by atoms with van der Waals surface area (Å²) in [5.41, 5.74) is 3.73. The average molecular weight is 641 g/mol. The summed E-state index contributed by atoms with van der Waals surface area (Å²) >= 11 is 0. The highest BCUT2D eigenvalue weighted by atomic mass is 16.5. The van der Waals surface area contributed by atoms with Crippen LogP contribution in [0.25, 0.3) is 0 Å². The van der Waals surface area contributed by atoms with Crippen molar-refractivity contribution < 1.29 is 28.6 Å². The molecule has 1 N–H and O–H groups in total. The Hall–Kier alpha value is -4.41. The maximum absolute atomic E-state index is 14.4. The van der Waals surface area contributed by atoms with E-state index < -0.39 is 6.04 Å². The molecule has 47 heavy (non-hydrogen) atoms. The first-order valence-corrected chi connectivity index (χ1v) is 16.5. The minimum Gasteiger partial charge on any atom is -0.493 e. The van der Waals surface area contributed by atoms with Gasteiger partial charge in [-0.2, -0.15) is 0 Å². The first-order chi connectivity index (χ1) is 22.9. The number of hydrogen-bond acceptors (Lipinski definition) is 8. The van der Waals surface area contributed by atoms with Crippen molar-refractivity contribution in [1.29, 1.82) is 0 Å². The predicted molar refractivity (Wildman–Crippen MR) is 179 cm³/mol. The molecular formula is C37H44N4O6. The van der Waals surface area contributed by atoms with Gasteiger partial charge in [-0.3, -0.25) is 24.2 Å². The number of carbonyl (C=O) groups excluding carboxylic acids is 3. The minimum atomic E-state index is -0.564. The Morgan fingerprint density at radius 3 is 2.38 bits per heavy atom. The number of nitrogens with one attached hydrogen (secondary N) is 1. The number of piperazine rings is 1. The van der Waals surface area contributed by atoms with Crippen molar-refractivity contribution in [3.8, 4) is 11.5 Å². The predicted octanol–water partition coefficient (Wildman–Crippen LogP) is 4.86. The highest BCUT2D eigenvalue weighted by molar-refractivity contribution is 6.24. The van der Waals surface area contributed by atoms with Gasteiger partial charge in [-0.15, -0.1) is 0 Å². The lowest BCUT2D eigenvalue weighted by atomic mass is 9.99. The van der Waals surface area contributed by atoms with E-state index in [2.05, 4.69) is 46.3 Å². The molecule has 0 radical (unpaired) electrons. The number of hydrogen-bond donors (Lipinski definition) is 1. The molecule has 3 aliphatic heterocycles. The van der Waals surface area contributed by atoms with Crippen LogP contribution < -0.4 is 19.7 Å². The van der Waals surface area contributed by atoms with Gasteiger partial charge in [-0.1, -0.05) is 42.5 Å². The number of amides is 3. The zero-order valence-corrected chi connectivity index (χ0v) is 27.4. The number of ether oxygens (including phenoxy) is 3. The quantitative estimate of drug-likeness (QED) is 0.222. The van der Waals surface area contributed by atoms with Crippen molar-refractivity contribution in [3.63, 3.8) is 0 Å². The van der Waals surface area contributed by atoms with Crippen LogP contribution in [-0.4, -0.2) is 87.7 Å². The largest absolute Gasteiger partial charge is 0.493 e. The van der Waals surface area contributed by atoms with Gasteiger partial charge in [0.15, 0.2) is 11.5 Å². The smallest absolute Gasteiger partial charge is 0.264 e. The van der Waals surface area contributed by atoms with E-state index in [1.165, 1.54) is 10.5 Å². The molecule has 0 spiro atoms. The van der Waals surface area contributed by atoms with Gasteiger partial charge in [-0.05, 0) is 61.6 Å². The summed E-state index contributed by atoms with van der Waals surface area (Å²) in [6.45, 7) is 6.90. The SMILES string of the molecule is COc1ccc(C(CCCNC(=O)[C@@H]2CCOC2)N2C(=O)c3cccc(N4CCN([C@H](C)c5ccccc5)CC4)c3C2=O)cc1OC. The van der Waals surface area contributed by atoms with Gasteiger partial charge in [0.1, 0.15) is 0 Å². The monoisotopic (exact) mass is 640 g/mol. The number of rotatable bonds is 12. The van der Waals surface area contributed by atoms with Crippen molar-refractivity contribution in [2.75, 3.05) is 65.1 Å². The molecule has 10 nitrogen and oxygen atoms in total. The summed E-state index contributed by atoms with van der Waals surface area (Å²) in [5.74, 6) is 0.321. The molecule has 3 aromatic rings. The second-order valence-electron chi connectivity index (χ2n) is 12.4. The number of imide groups is 1. The van der Waals surface area contributed by atoms with Gasteiger partial charge >= 0.3 is 0 Å². The van der Waals surface area contributed by atoms with Crippen molar-refractivity contribution in [2.24, 2.45) is 5.92 Å². The molecule has 3 amide bonds. The number of methoxy groups -OCH3 is 2. The second-order valence-corrected chi connectivity index (χ2v) is 12.4. The first-order valence-electron chi connectivity index (χ1n) is 16.5. The van der Waals surface area contributed by atoms with Crippen LogP contribution in [-0.2, 0) is 9.53 Å². The topological polar surface area (TPSA) is 101 Å². The Bertz CT molecular complexity index is 1580. The summed E-state index contributed by atoms with van der Waals surface area (Å²) in [4.78, 5) is 47.1. The average Bonchev–Trinajstić information content (AvgIpc) is 3.75. The summed E-state index contributed by atoms with van der Waals surface area (Å²) in [6.07, 6.45) is 1.76. The molecule has 3 heterocycles. The highest BCUT2D eigenvalue weighted by Gasteiger charge is 2.43. The van der Waals surface area contributed by atoms with Crippen LogP contribution in [0.3, 0.4) is 0 Å². The van der Waals surface area contributed by atoms with Crippen LogP contribution in [0, 0.1) is 5.92 Å². The lowest BCUT2D eigenvalue weighted by molar-refractivity contribution is -0.124. The van der Waals surface area contributed by atoms with Crippen LogP contribution >= 0.6 is 0 Å². The third-order valence-corrected chi connectivity index (χ3v) is 9.77. The van der Waals surface area contributed by atoms with Gasteiger partial charge in [0.2, 0.25) is 5.91 Å². The zero-order valence-electron chi connectivity index (χ0n) is 27.4. The molecule has 248 valence electrons. The minimum absolute atomic E-state index is 0.0196. The van der Waals surface area contributed by atoms with E-state index in [9.17, 15) is 14.4 Å². The van der Waals surface area contributed by atoms with Crippen molar-refractivity contribution in [1.82, 2.24) is 15.1 Å². The maximum Gasteiger partial charge on any atom is 0.264 e. The number of carbonyl (C=O) groups is 3.